The predicted molar refractivity (Wildman–Crippen MR) is 118 cm³/mol. The molecule has 0 saturated heterocycles. The summed E-state index contributed by atoms with van der Waals surface area (Å²) < 4.78 is 6.99. The molecule has 0 aliphatic rings. The fourth-order valence-electron chi connectivity index (χ4n) is 2.58. The summed E-state index contributed by atoms with van der Waals surface area (Å²) in [7, 11) is 3.50. The molecule has 1 aromatic carbocycles. The second kappa shape index (κ2) is 8.22. The fraction of sp³-hybridized carbons (Fsp3) is 0.350. The van der Waals surface area contributed by atoms with Crippen molar-refractivity contribution in [1.82, 2.24) is 7.68 Å². The van der Waals surface area contributed by atoms with Crippen LogP contribution in [0.5, 0.6) is 0 Å². The van der Waals surface area contributed by atoms with Crippen molar-refractivity contribution in [1.29, 1.82) is 5.26 Å². The Morgan fingerprint density at radius 3 is 2.46 bits per heavy atom. The number of Topliss-reactive ketones (excluding diaryl/α,β-unsaturated/α-hetero) is 1. The maximum atomic E-state index is 12.8. The van der Waals surface area contributed by atoms with E-state index in [1.807, 2.05) is 41.9 Å². The Balaban J connectivity index is 2.45. The van der Waals surface area contributed by atoms with Gasteiger partial charge in [-0.25, -0.2) is 4.79 Å². The first-order valence-corrected chi connectivity index (χ1v) is 9.54. The number of ketones is 1. The summed E-state index contributed by atoms with van der Waals surface area (Å²) in [6.45, 7) is 7.25. The van der Waals surface area contributed by atoms with E-state index in [9.17, 15) is 14.9 Å². The minimum absolute atomic E-state index is 0.0505. The van der Waals surface area contributed by atoms with Crippen LogP contribution in [-0.4, -0.2) is 39.3 Å². The highest BCUT2D eigenvalue weighted by Crippen LogP contribution is 2.30. The number of ether oxygens (including phenoxy) is 1. The van der Waals surface area contributed by atoms with E-state index in [4.69, 9.17) is 4.74 Å². The highest BCUT2D eigenvalue weighted by atomic mass is 127. The summed E-state index contributed by atoms with van der Waals surface area (Å²) in [5, 5.41) is 12.9. The summed E-state index contributed by atoms with van der Waals surface area (Å²) in [5.74, 6) is -0.360. The van der Waals surface area contributed by atoms with Crippen molar-refractivity contribution in [2.45, 2.75) is 33.3 Å². The van der Waals surface area contributed by atoms with Gasteiger partial charge in [-0.05, 0) is 51.5 Å². The molecule has 0 atom stereocenters. The number of aromatic nitrogens is 1. The van der Waals surface area contributed by atoms with E-state index in [-0.39, 0.29) is 11.4 Å². The van der Waals surface area contributed by atoms with Gasteiger partial charge in [0.25, 0.3) is 0 Å². The largest absolute Gasteiger partial charge is 0.444 e. The van der Waals surface area contributed by atoms with Crippen LogP contribution in [0.2, 0.25) is 0 Å². The van der Waals surface area contributed by atoms with Crippen LogP contribution >= 0.6 is 22.9 Å². The van der Waals surface area contributed by atoms with E-state index in [0.717, 1.165) is 16.5 Å². The number of allylic oxidation sites excluding steroid dienone is 1. The quantitative estimate of drug-likeness (QED) is 0.290. The molecule has 0 fully saturated rings. The third kappa shape index (κ3) is 5.04. The van der Waals surface area contributed by atoms with Crippen LogP contribution in [0, 0.1) is 18.3 Å². The van der Waals surface area contributed by atoms with E-state index in [1.165, 1.54) is 6.20 Å². The van der Waals surface area contributed by atoms with Gasteiger partial charge in [0.05, 0.1) is 28.4 Å². The van der Waals surface area contributed by atoms with Gasteiger partial charge in [0.2, 0.25) is 5.78 Å². The van der Waals surface area contributed by atoms with Crippen molar-refractivity contribution in [3.8, 4) is 6.07 Å². The fourth-order valence-corrected chi connectivity index (χ4v) is 3.35. The summed E-state index contributed by atoms with van der Waals surface area (Å²) >= 11 is 2.02. The summed E-state index contributed by atoms with van der Waals surface area (Å²) in [4.78, 5) is 26.5. The zero-order valence-corrected chi connectivity index (χ0v) is 18.9. The number of halogens is 1. The van der Waals surface area contributed by atoms with E-state index >= 15 is 0 Å². The van der Waals surface area contributed by atoms with Crippen LogP contribution in [0.25, 0.3) is 10.9 Å². The van der Waals surface area contributed by atoms with Gasteiger partial charge in [0.1, 0.15) is 22.9 Å². The predicted octanol–water partition coefficient (Wildman–Crippen LogP) is 4.65. The van der Waals surface area contributed by atoms with Gasteiger partial charge < -0.3 is 9.64 Å². The molecule has 0 saturated carbocycles. The van der Waals surface area contributed by atoms with Crippen LogP contribution in [0.1, 0.15) is 36.8 Å². The van der Waals surface area contributed by atoms with Crippen LogP contribution in [0.4, 0.5) is 10.5 Å². The van der Waals surface area contributed by atoms with Gasteiger partial charge >= 0.3 is 6.09 Å². The highest BCUT2D eigenvalue weighted by Gasteiger charge is 2.21. The molecule has 0 radical (unpaired) electrons. The van der Waals surface area contributed by atoms with Crippen LogP contribution in [0.3, 0.4) is 0 Å². The van der Waals surface area contributed by atoms with Crippen LogP contribution in [0.15, 0.2) is 30.0 Å². The Bertz CT molecular complexity index is 1010. The van der Waals surface area contributed by atoms with E-state index < -0.39 is 11.7 Å². The maximum Gasteiger partial charge on any atom is 0.412 e. The van der Waals surface area contributed by atoms with E-state index in [1.54, 1.807) is 54.7 Å². The number of carbonyl (C=O) groups is 2. The van der Waals surface area contributed by atoms with Gasteiger partial charge in [-0.2, -0.15) is 5.26 Å². The third-order valence-electron chi connectivity index (χ3n) is 3.71. The molecule has 0 spiro atoms. The third-order valence-corrected chi connectivity index (χ3v) is 4.75. The van der Waals surface area contributed by atoms with Gasteiger partial charge in [0, 0.05) is 31.4 Å². The molecule has 2 rings (SSSR count). The lowest BCUT2D eigenvalue weighted by molar-refractivity contribution is 0.0635. The zero-order chi connectivity index (χ0) is 21.2. The monoisotopic (exact) mass is 494 g/mol. The Morgan fingerprint density at radius 2 is 1.93 bits per heavy atom. The zero-order valence-electron chi connectivity index (χ0n) is 16.8. The number of fused-ring (bicyclic) bond motifs is 1. The van der Waals surface area contributed by atoms with Crippen molar-refractivity contribution in [3.63, 3.8) is 0 Å². The first-order valence-electron chi connectivity index (χ1n) is 8.58. The normalized spacial score (nSPS) is 11.9. The van der Waals surface area contributed by atoms with Crippen molar-refractivity contribution in [2.75, 3.05) is 19.4 Å². The first kappa shape index (κ1) is 21.8. The van der Waals surface area contributed by atoms with Crippen molar-refractivity contribution >= 4 is 51.3 Å². The molecule has 7 nitrogen and oxygen atoms in total. The molecule has 0 bridgehead atoms. The molecule has 1 heterocycles. The lowest BCUT2D eigenvalue weighted by atomic mass is 10.1. The second-order valence-electron chi connectivity index (χ2n) is 7.61. The number of amides is 1. The van der Waals surface area contributed by atoms with Crippen LogP contribution < -0.4 is 5.32 Å². The number of carbonyl (C=O) groups excluding carboxylic acids is 2. The molecule has 1 amide bonds. The number of hydrogen-bond donors (Lipinski definition) is 1. The summed E-state index contributed by atoms with van der Waals surface area (Å²) in [6.07, 6.45) is 0.954. The smallest absolute Gasteiger partial charge is 0.412 e. The number of nitrogens with zero attached hydrogens (tertiary/aromatic N) is 3. The van der Waals surface area contributed by atoms with E-state index in [2.05, 4.69) is 5.32 Å². The van der Waals surface area contributed by atoms with E-state index in [0.29, 0.717) is 11.4 Å². The van der Waals surface area contributed by atoms with Gasteiger partial charge in [-0.3, -0.25) is 12.9 Å². The molecule has 148 valence electrons. The Labute approximate surface area is 178 Å². The van der Waals surface area contributed by atoms with Crippen molar-refractivity contribution in [3.05, 3.63) is 41.2 Å². The Morgan fingerprint density at radius 1 is 1.29 bits per heavy atom. The molecule has 1 aromatic heterocycles. The minimum Gasteiger partial charge on any atom is -0.444 e. The highest BCUT2D eigenvalue weighted by molar-refractivity contribution is 14.1. The lowest BCUT2D eigenvalue weighted by Crippen LogP contribution is -2.27. The standard InChI is InChI=1S/C20H23IN4O3/c1-12-7-13-8-17(18(26)14(10-22)11-24(5)6)25(21)16(13)9-15(12)23-19(27)28-20(2,3)4/h7-9,11H,1-6H3,(H,23,27)/b14-11+. The summed E-state index contributed by atoms with van der Waals surface area (Å²) in [6, 6.07) is 7.37. The summed E-state index contributed by atoms with van der Waals surface area (Å²) in [5.41, 5.74) is 2.03. The Hall–Kier alpha value is -2.54. The van der Waals surface area contributed by atoms with Gasteiger partial charge in [-0.15, -0.1) is 0 Å². The second-order valence-corrected chi connectivity index (χ2v) is 8.58. The molecule has 0 unspecified atom stereocenters. The molecule has 28 heavy (non-hydrogen) atoms. The first-order chi connectivity index (χ1) is 12.9. The Kier molecular flexibility index (Phi) is 6.39. The molecule has 0 aliphatic carbocycles. The number of hydrogen-bond acceptors (Lipinski definition) is 5. The van der Waals surface area contributed by atoms with Crippen LogP contribution in [-0.2, 0) is 4.74 Å². The van der Waals surface area contributed by atoms with Gasteiger partial charge in [-0.1, -0.05) is 0 Å². The number of aryl methyl sites for hydroxylation is 1. The molecule has 2 aromatic rings. The number of nitrogens with one attached hydrogen (secondary N) is 1. The number of nitriles is 1. The lowest BCUT2D eigenvalue weighted by Gasteiger charge is -2.20. The average molecular weight is 494 g/mol. The molecule has 1 N–H and O–H groups in total. The molecule has 8 heteroatoms. The topological polar surface area (TPSA) is 87.4 Å². The number of rotatable bonds is 4. The minimum atomic E-state index is -0.600. The number of benzene rings is 1. The molecule has 0 aliphatic heterocycles. The molecular weight excluding hydrogens is 471 g/mol. The average Bonchev–Trinajstić information content (AvgIpc) is 2.86. The van der Waals surface area contributed by atoms with Gasteiger partial charge in [0.15, 0.2) is 0 Å². The number of anilines is 1. The van der Waals surface area contributed by atoms with Crippen molar-refractivity contribution in [2.24, 2.45) is 0 Å². The molecular formula is C20H23IN4O3. The SMILES string of the molecule is Cc1cc2cc(C(=O)/C(C#N)=C/N(C)C)n(I)c2cc1NC(=O)OC(C)(C)C. The van der Waals surface area contributed by atoms with Crippen molar-refractivity contribution < 1.29 is 14.3 Å². The maximum absolute atomic E-state index is 12.8.